The molecule has 14 heavy (non-hydrogen) atoms. The highest BCUT2D eigenvalue weighted by Crippen LogP contribution is 2.40. The summed E-state index contributed by atoms with van der Waals surface area (Å²) in [5.74, 6) is 0.733. The normalized spacial score (nSPS) is 16.0. The third-order valence-corrected chi connectivity index (χ3v) is 2.74. The Morgan fingerprint density at radius 2 is 2.36 bits per heavy atom. The molecule has 0 atom stereocenters. The molecule has 2 aromatic heterocycles. The molecule has 0 N–H and O–H groups in total. The Bertz CT molecular complexity index is 497. The molecule has 1 aliphatic rings. The first-order chi connectivity index (χ1) is 6.88. The predicted octanol–water partition coefficient (Wildman–Crippen LogP) is 2.02. The van der Waals surface area contributed by atoms with Gasteiger partial charge in [-0.2, -0.15) is 0 Å². The van der Waals surface area contributed by atoms with E-state index in [1.807, 2.05) is 10.6 Å². The van der Waals surface area contributed by atoms with E-state index in [0.29, 0.717) is 5.69 Å². The SMILES string of the molecule is O=Cc1cnc2cc(C3CC3)ccn12. The molecule has 0 aliphatic heterocycles. The first kappa shape index (κ1) is 7.74. The van der Waals surface area contributed by atoms with Gasteiger partial charge in [0.05, 0.1) is 6.20 Å². The number of pyridine rings is 1. The minimum absolute atomic E-state index is 0.613. The standard InChI is InChI=1S/C11H10N2O/c14-7-10-6-12-11-5-9(8-1-2-8)3-4-13(10)11/h3-8H,1-2H2. The third-order valence-electron chi connectivity index (χ3n) is 2.74. The summed E-state index contributed by atoms with van der Waals surface area (Å²) in [6.07, 6.45) is 6.95. The molecule has 1 saturated carbocycles. The minimum atomic E-state index is 0.613. The van der Waals surface area contributed by atoms with Crippen LogP contribution in [0.3, 0.4) is 0 Å². The van der Waals surface area contributed by atoms with Gasteiger partial charge in [0.2, 0.25) is 0 Å². The van der Waals surface area contributed by atoms with Crippen LogP contribution in [0.2, 0.25) is 0 Å². The lowest BCUT2D eigenvalue weighted by molar-refractivity contribution is 0.111. The fourth-order valence-corrected chi connectivity index (χ4v) is 1.77. The lowest BCUT2D eigenvalue weighted by Crippen LogP contribution is -1.91. The van der Waals surface area contributed by atoms with Crippen LogP contribution in [0, 0.1) is 0 Å². The number of nitrogens with zero attached hydrogens (tertiary/aromatic N) is 2. The quantitative estimate of drug-likeness (QED) is 0.672. The van der Waals surface area contributed by atoms with Gasteiger partial charge in [-0.05, 0) is 36.5 Å². The monoisotopic (exact) mass is 186 g/mol. The second-order valence-electron chi connectivity index (χ2n) is 3.76. The summed E-state index contributed by atoms with van der Waals surface area (Å²) >= 11 is 0. The Morgan fingerprint density at radius 1 is 1.50 bits per heavy atom. The number of aromatic nitrogens is 2. The van der Waals surface area contributed by atoms with Gasteiger partial charge in [0.25, 0.3) is 0 Å². The number of fused-ring (bicyclic) bond motifs is 1. The molecule has 2 aromatic rings. The van der Waals surface area contributed by atoms with Crippen molar-refractivity contribution in [1.82, 2.24) is 9.38 Å². The maximum absolute atomic E-state index is 10.7. The van der Waals surface area contributed by atoms with E-state index < -0.39 is 0 Å². The number of rotatable bonds is 2. The second-order valence-corrected chi connectivity index (χ2v) is 3.76. The number of aldehydes is 1. The van der Waals surface area contributed by atoms with Crippen molar-refractivity contribution in [3.8, 4) is 0 Å². The van der Waals surface area contributed by atoms with Crippen LogP contribution in [0.5, 0.6) is 0 Å². The van der Waals surface area contributed by atoms with E-state index >= 15 is 0 Å². The smallest absolute Gasteiger partial charge is 0.168 e. The van der Waals surface area contributed by atoms with E-state index in [9.17, 15) is 4.79 Å². The van der Waals surface area contributed by atoms with E-state index in [1.165, 1.54) is 18.4 Å². The van der Waals surface area contributed by atoms with Crippen molar-refractivity contribution in [2.24, 2.45) is 0 Å². The minimum Gasteiger partial charge on any atom is -0.297 e. The van der Waals surface area contributed by atoms with Gasteiger partial charge in [0.15, 0.2) is 6.29 Å². The molecule has 2 heterocycles. The average molecular weight is 186 g/mol. The lowest BCUT2D eigenvalue weighted by Gasteiger charge is -1.99. The van der Waals surface area contributed by atoms with Crippen molar-refractivity contribution in [2.45, 2.75) is 18.8 Å². The molecule has 0 unspecified atom stereocenters. The topological polar surface area (TPSA) is 34.4 Å². The van der Waals surface area contributed by atoms with Crippen LogP contribution in [-0.2, 0) is 0 Å². The Labute approximate surface area is 81.4 Å². The van der Waals surface area contributed by atoms with E-state index in [0.717, 1.165) is 17.9 Å². The van der Waals surface area contributed by atoms with Crippen molar-refractivity contribution in [1.29, 1.82) is 0 Å². The van der Waals surface area contributed by atoms with Crippen molar-refractivity contribution in [3.05, 3.63) is 35.8 Å². The third kappa shape index (κ3) is 1.05. The fourth-order valence-electron chi connectivity index (χ4n) is 1.77. The summed E-state index contributed by atoms with van der Waals surface area (Å²) < 4.78 is 1.82. The summed E-state index contributed by atoms with van der Waals surface area (Å²) in [6.45, 7) is 0. The van der Waals surface area contributed by atoms with Gasteiger partial charge < -0.3 is 0 Å². The van der Waals surface area contributed by atoms with Crippen molar-refractivity contribution in [3.63, 3.8) is 0 Å². The Balaban J connectivity index is 2.19. The zero-order chi connectivity index (χ0) is 9.54. The molecule has 1 aliphatic carbocycles. The molecule has 0 aromatic carbocycles. The van der Waals surface area contributed by atoms with Crippen LogP contribution in [-0.4, -0.2) is 15.7 Å². The van der Waals surface area contributed by atoms with Crippen molar-refractivity contribution in [2.75, 3.05) is 0 Å². The molecule has 3 heteroatoms. The largest absolute Gasteiger partial charge is 0.297 e. The fraction of sp³-hybridized carbons (Fsp3) is 0.273. The van der Waals surface area contributed by atoms with Crippen LogP contribution in [0.1, 0.15) is 34.8 Å². The summed E-state index contributed by atoms with van der Waals surface area (Å²) in [5, 5.41) is 0. The average Bonchev–Trinajstić information content (AvgIpc) is 2.98. The van der Waals surface area contributed by atoms with Gasteiger partial charge in [-0.25, -0.2) is 4.98 Å². The zero-order valence-electron chi connectivity index (χ0n) is 7.68. The molecule has 0 saturated heterocycles. The molecule has 0 spiro atoms. The summed E-state index contributed by atoms with van der Waals surface area (Å²) in [4.78, 5) is 14.8. The zero-order valence-corrected chi connectivity index (χ0v) is 7.68. The van der Waals surface area contributed by atoms with E-state index in [-0.39, 0.29) is 0 Å². The highest BCUT2D eigenvalue weighted by molar-refractivity contribution is 5.74. The molecule has 0 radical (unpaired) electrons. The number of hydrogen-bond donors (Lipinski definition) is 0. The van der Waals surface area contributed by atoms with Crippen molar-refractivity contribution >= 4 is 11.9 Å². The molecular formula is C11H10N2O. The van der Waals surface area contributed by atoms with Gasteiger partial charge in [-0.3, -0.25) is 9.20 Å². The van der Waals surface area contributed by atoms with Gasteiger partial charge in [-0.1, -0.05) is 0 Å². The predicted molar refractivity (Wildman–Crippen MR) is 52.6 cm³/mol. The molecule has 0 bridgehead atoms. The first-order valence-corrected chi connectivity index (χ1v) is 4.80. The van der Waals surface area contributed by atoms with Gasteiger partial charge >= 0.3 is 0 Å². The van der Waals surface area contributed by atoms with Crippen LogP contribution in [0.4, 0.5) is 0 Å². The highest BCUT2D eigenvalue weighted by atomic mass is 16.1. The summed E-state index contributed by atoms with van der Waals surface area (Å²) in [6, 6.07) is 4.16. The van der Waals surface area contributed by atoms with Crippen LogP contribution < -0.4 is 0 Å². The van der Waals surface area contributed by atoms with Crippen LogP contribution in [0.15, 0.2) is 24.5 Å². The molecule has 3 rings (SSSR count). The lowest BCUT2D eigenvalue weighted by atomic mass is 10.2. The molecule has 3 nitrogen and oxygen atoms in total. The van der Waals surface area contributed by atoms with E-state index in [1.54, 1.807) is 6.20 Å². The summed E-state index contributed by atoms with van der Waals surface area (Å²) in [5.41, 5.74) is 2.83. The van der Waals surface area contributed by atoms with Crippen LogP contribution in [0.25, 0.3) is 5.65 Å². The molecule has 0 amide bonds. The highest BCUT2D eigenvalue weighted by Gasteiger charge is 2.23. The molecular weight excluding hydrogens is 176 g/mol. The van der Waals surface area contributed by atoms with E-state index in [4.69, 9.17) is 0 Å². The Morgan fingerprint density at radius 3 is 3.07 bits per heavy atom. The van der Waals surface area contributed by atoms with E-state index in [2.05, 4.69) is 17.1 Å². The molecule has 1 fully saturated rings. The van der Waals surface area contributed by atoms with Crippen molar-refractivity contribution < 1.29 is 4.79 Å². The summed E-state index contributed by atoms with van der Waals surface area (Å²) in [7, 11) is 0. The number of carbonyl (C=O) groups excluding carboxylic acids is 1. The molecule has 70 valence electrons. The van der Waals surface area contributed by atoms with Crippen LogP contribution >= 0.6 is 0 Å². The maximum atomic E-state index is 10.7. The Kier molecular flexibility index (Phi) is 1.48. The van der Waals surface area contributed by atoms with Gasteiger partial charge in [-0.15, -0.1) is 0 Å². The number of imidazole rings is 1. The Hall–Kier alpha value is -1.64. The number of carbonyl (C=O) groups is 1. The second kappa shape index (κ2) is 2.67. The van der Waals surface area contributed by atoms with Gasteiger partial charge in [0.1, 0.15) is 11.3 Å². The first-order valence-electron chi connectivity index (χ1n) is 4.80. The van der Waals surface area contributed by atoms with Gasteiger partial charge in [0, 0.05) is 6.20 Å². The maximum Gasteiger partial charge on any atom is 0.168 e. The number of hydrogen-bond acceptors (Lipinski definition) is 2.